The van der Waals surface area contributed by atoms with Gasteiger partial charge in [0.15, 0.2) is 0 Å². The molecule has 0 fully saturated rings. The molecule has 0 radical (unpaired) electrons. The number of halogens is 1. The molecule has 1 N–H and O–H groups in total. The van der Waals surface area contributed by atoms with E-state index >= 15 is 0 Å². The molecule has 0 saturated carbocycles. The van der Waals surface area contributed by atoms with E-state index in [4.69, 9.17) is 0 Å². The lowest BCUT2D eigenvalue weighted by Gasteiger charge is -2.05. The van der Waals surface area contributed by atoms with Crippen LogP contribution in [0.2, 0.25) is 0 Å². The molecule has 17 heavy (non-hydrogen) atoms. The first-order chi connectivity index (χ1) is 8.24. The lowest BCUT2D eigenvalue weighted by Crippen LogP contribution is -2.06. The Morgan fingerprint density at radius 2 is 2.12 bits per heavy atom. The monoisotopic (exact) mass is 230 g/mol. The van der Waals surface area contributed by atoms with Gasteiger partial charge in [-0.2, -0.15) is 0 Å². The molecule has 1 heterocycles. The van der Waals surface area contributed by atoms with Crippen LogP contribution in [0, 0.1) is 12.7 Å². The van der Waals surface area contributed by atoms with Crippen molar-refractivity contribution < 1.29 is 4.39 Å². The van der Waals surface area contributed by atoms with Crippen molar-refractivity contribution in [2.24, 2.45) is 0 Å². The topological polar surface area (TPSA) is 24.9 Å². The third-order valence-corrected chi connectivity index (χ3v) is 2.52. The van der Waals surface area contributed by atoms with Crippen LogP contribution in [0.25, 0.3) is 0 Å². The molecule has 0 atom stereocenters. The van der Waals surface area contributed by atoms with E-state index in [2.05, 4.69) is 10.3 Å². The highest BCUT2D eigenvalue weighted by atomic mass is 19.1. The Morgan fingerprint density at radius 3 is 2.82 bits per heavy atom. The maximum Gasteiger partial charge on any atom is 0.125 e. The summed E-state index contributed by atoms with van der Waals surface area (Å²) in [7, 11) is 0. The largest absolute Gasteiger partial charge is 0.370 e. The van der Waals surface area contributed by atoms with Gasteiger partial charge in [0.05, 0.1) is 0 Å². The SMILES string of the molecule is Cc1ccc(NCCc2cccc(F)c2)nc1. The molecule has 0 bridgehead atoms. The third kappa shape index (κ3) is 3.55. The number of nitrogens with zero attached hydrogens (tertiary/aromatic N) is 1. The number of pyridine rings is 1. The first kappa shape index (κ1) is 11.6. The predicted molar refractivity (Wildman–Crippen MR) is 67.6 cm³/mol. The smallest absolute Gasteiger partial charge is 0.125 e. The molecule has 0 aliphatic carbocycles. The molecule has 0 amide bonds. The van der Waals surface area contributed by atoms with Crippen LogP contribution in [-0.4, -0.2) is 11.5 Å². The van der Waals surface area contributed by atoms with Crippen LogP contribution in [-0.2, 0) is 6.42 Å². The molecule has 0 aliphatic heterocycles. The number of aromatic nitrogens is 1. The molecule has 1 aromatic carbocycles. The van der Waals surface area contributed by atoms with Crippen LogP contribution in [0.5, 0.6) is 0 Å². The fourth-order valence-electron chi connectivity index (χ4n) is 1.60. The van der Waals surface area contributed by atoms with Crippen LogP contribution in [0.15, 0.2) is 42.6 Å². The van der Waals surface area contributed by atoms with Crippen molar-refractivity contribution in [2.45, 2.75) is 13.3 Å². The van der Waals surface area contributed by atoms with E-state index in [1.807, 2.05) is 31.3 Å². The lowest BCUT2D eigenvalue weighted by atomic mass is 10.1. The van der Waals surface area contributed by atoms with Gasteiger partial charge in [-0.3, -0.25) is 0 Å². The summed E-state index contributed by atoms with van der Waals surface area (Å²) >= 11 is 0. The number of nitrogens with one attached hydrogen (secondary N) is 1. The molecule has 2 rings (SSSR count). The van der Waals surface area contributed by atoms with Crippen molar-refractivity contribution in [3.63, 3.8) is 0 Å². The van der Waals surface area contributed by atoms with Gasteiger partial charge in [0.1, 0.15) is 11.6 Å². The van der Waals surface area contributed by atoms with Crippen molar-refractivity contribution in [3.05, 3.63) is 59.5 Å². The molecule has 2 nitrogen and oxygen atoms in total. The lowest BCUT2D eigenvalue weighted by molar-refractivity contribution is 0.625. The zero-order valence-electron chi connectivity index (χ0n) is 9.78. The van der Waals surface area contributed by atoms with E-state index in [9.17, 15) is 4.39 Å². The van der Waals surface area contributed by atoms with Gasteiger partial charge in [-0.05, 0) is 42.7 Å². The van der Waals surface area contributed by atoms with Gasteiger partial charge in [-0.25, -0.2) is 9.37 Å². The normalized spacial score (nSPS) is 10.2. The van der Waals surface area contributed by atoms with Crippen molar-refractivity contribution in [1.29, 1.82) is 0 Å². The second-order valence-electron chi connectivity index (χ2n) is 4.03. The summed E-state index contributed by atoms with van der Waals surface area (Å²) < 4.78 is 12.9. The summed E-state index contributed by atoms with van der Waals surface area (Å²) in [6.07, 6.45) is 2.61. The minimum atomic E-state index is -0.184. The van der Waals surface area contributed by atoms with Crippen molar-refractivity contribution in [1.82, 2.24) is 4.98 Å². The Hall–Kier alpha value is -1.90. The van der Waals surface area contributed by atoms with Gasteiger partial charge >= 0.3 is 0 Å². The van der Waals surface area contributed by atoms with E-state index in [0.717, 1.165) is 29.9 Å². The molecule has 1 aromatic heterocycles. The van der Waals surface area contributed by atoms with Crippen molar-refractivity contribution in [2.75, 3.05) is 11.9 Å². The molecular weight excluding hydrogens is 215 g/mol. The summed E-state index contributed by atoms with van der Waals surface area (Å²) in [6.45, 7) is 2.75. The molecule has 2 aromatic rings. The van der Waals surface area contributed by atoms with Crippen molar-refractivity contribution >= 4 is 5.82 Å². The Morgan fingerprint density at radius 1 is 1.24 bits per heavy atom. The average Bonchev–Trinajstić information content (AvgIpc) is 2.32. The molecular formula is C14H15FN2. The molecule has 0 saturated heterocycles. The highest BCUT2D eigenvalue weighted by molar-refractivity contribution is 5.35. The fraction of sp³-hybridized carbons (Fsp3) is 0.214. The van der Waals surface area contributed by atoms with E-state index in [1.165, 1.54) is 6.07 Å². The first-order valence-electron chi connectivity index (χ1n) is 5.65. The average molecular weight is 230 g/mol. The number of benzene rings is 1. The number of anilines is 1. The quantitative estimate of drug-likeness (QED) is 0.872. The number of hydrogen-bond acceptors (Lipinski definition) is 2. The van der Waals surface area contributed by atoms with Crippen LogP contribution in [0.4, 0.5) is 10.2 Å². The molecule has 88 valence electrons. The van der Waals surface area contributed by atoms with Gasteiger partial charge in [-0.15, -0.1) is 0 Å². The third-order valence-electron chi connectivity index (χ3n) is 2.52. The standard InChI is InChI=1S/C14H15FN2/c1-11-5-6-14(17-10-11)16-8-7-12-3-2-4-13(15)9-12/h2-6,9-10H,7-8H2,1H3,(H,16,17). The number of hydrogen-bond donors (Lipinski definition) is 1. The van der Waals surface area contributed by atoms with E-state index in [-0.39, 0.29) is 5.82 Å². The zero-order valence-corrected chi connectivity index (χ0v) is 9.78. The number of aryl methyl sites for hydroxylation is 1. The fourth-order valence-corrected chi connectivity index (χ4v) is 1.60. The van der Waals surface area contributed by atoms with Gasteiger partial charge < -0.3 is 5.32 Å². The maximum atomic E-state index is 12.9. The Bertz CT molecular complexity index is 480. The molecule has 0 aliphatic rings. The highest BCUT2D eigenvalue weighted by Crippen LogP contribution is 2.06. The molecule has 0 unspecified atom stereocenters. The first-order valence-corrected chi connectivity index (χ1v) is 5.65. The molecule has 0 spiro atoms. The summed E-state index contributed by atoms with van der Waals surface area (Å²) in [5.74, 6) is 0.669. The van der Waals surface area contributed by atoms with Crippen LogP contribution in [0.1, 0.15) is 11.1 Å². The minimum Gasteiger partial charge on any atom is -0.370 e. The number of rotatable bonds is 4. The van der Waals surface area contributed by atoms with Crippen LogP contribution in [0.3, 0.4) is 0 Å². The molecule has 3 heteroatoms. The van der Waals surface area contributed by atoms with Gasteiger partial charge in [0, 0.05) is 12.7 Å². The predicted octanol–water partition coefficient (Wildman–Crippen LogP) is 3.18. The Kier molecular flexibility index (Phi) is 3.70. The highest BCUT2D eigenvalue weighted by Gasteiger charge is 1.96. The van der Waals surface area contributed by atoms with Gasteiger partial charge in [-0.1, -0.05) is 18.2 Å². The minimum absolute atomic E-state index is 0.184. The Labute approximate surface area is 101 Å². The van der Waals surface area contributed by atoms with E-state index < -0.39 is 0 Å². The van der Waals surface area contributed by atoms with Crippen molar-refractivity contribution in [3.8, 4) is 0 Å². The second kappa shape index (κ2) is 5.43. The summed E-state index contributed by atoms with van der Waals surface area (Å²) in [4.78, 5) is 4.24. The maximum absolute atomic E-state index is 12.9. The van der Waals surface area contributed by atoms with Gasteiger partial charge in [0.25, 0.3) is 0 Å². The second-order valence-corrected chi connectivity index (χ2v) is 4.03. The summed E-state index contributed by atoms with van der Waals surface area (Å²) in [5.41, 5.74) is 2.13. The zero-order chi connectivity index (χ0) is 12.1. The summed E-state index contributed by atoms with van der Waals surface area (Å²) in [5, 5.41) is 3.21. The van der Waals surface area contributed by atoms with Gasteiger partial charge in [0.2, 0.25) is 0 Å². The van der Waals surface area contributed by atoms with Crippen LogP contribution < -0.4 is 5.32 Å². The van der Waals surface area contributed by atoms with Crippen LogP contribution >= 0.6 is 0 Å². The van der Waals surface area contributed by atoms with E-state index in [1.54, 1.807) is 12.1 Å². The Balaban J connectivity index is 1.85. The van der Waals surface area contributed by atoms with E-state index in [0.29, 0.717) is 0 Å². The summed E-state index contributed by atoms with van der Waals surface area (Å²) in [6, 6.07) is 10.6.